The van der Waals surface area contributed by atoms with Crippen LogP contribution in [-0.4, -0.2) is 18.4 Å². The smallest absolute Gasteiger partial charge is 0.225 e. The van der Waals surface area contributed by atoms with Gasteiger partial charge in [-0.15, -0.1) is 11.6 Å². The normalized spacial score (nSPS) is 9.25. The fourth-order valence-electron chi connectivity index (χ4n) is 1.09. The quantitative estimate of drug-likeness (QED) is 0.800. The summed E-state index contributed by atoms with van der Waals surface area (Å²) in [4.78, 5) is 11.2. The first-order valence-corrected chi connectivity index (χ1v) is 5.25. The third kappa shape index (κ3) is 4.20. The van der Waals surface area contributed by atoms with E-state index < -0.39 is 0 Å². The van der Waals surface area contributed by atoms with Crippen LogP contribution in [0.15, 0.2) is 24.3 Å². The molecule has 0 atom stereocenters. The zero-order valence-corrected chi connectivity index (χ0v) is 9.33. The molecule has 1 N–H and O–H groups in total. The molecule has 1 aromatic rings. The molecule has 0 fully saturated rings. The third-order valence-electron chi connectivity index (χ3n) is 1.74. The van der Waals surface area contributed by atoms with Crippen molar-refractivity contribution in [3.8, 4) is 11.8 Å². The number of halogens is 1. The van der Waals surface area contributed by atoms with Gasteiger partial charge in [0.1, 0.15) is 11.8 Å². The van der Waals surface area contributed by atoms with E-state index in [2.05, 4.69) is 5.32 Å². The van der Waals surface area contributed by atoms with Crippen LogP contribution in [0.3, 0.4) is 0 Å². The van der Waals surface area contributed by atoms with Crippen molar-refractivity contribution in [3.63, 3.8) is 0 Å². The topological polar surface area (TPSA) is 62.1 Å². The van der Waals surface area contributed by atoms with Crippen LogP contribution in [0, 0.1) is 11.3 Å². The summed E-state index contributed by atoms with van der Waals surface area (Å²) in [5.41, 5.74) is 0.630. The van der Waals surface area contributed by atoms with Crippen LogP contribution in [0.4, 0.5) is 5.69 Å². The van der Waals surface area contributed by atoms with Gasteiger partial charge in [0.2, 0.25) is 5.91 Å². The van der Waals surface area contributed by atoms with Crippen LogP contribution in [0.1, 0.15) is 6.42 Å². The van der Waals surface area contributed by atoms with Crippen LogP contribution in [0.25, 0.3) is 0 Å². The summed E-state index contributed by atoms with van der Waals surface area (Å²) >= 11 is 5.44. The maximum absolute atomic E-state index is 11.2. The first-order valence-electron chi connectivity index (χ1n) is 4.72. The molecule has 1 amide bonds. The number of amides is 1. The lowest BCUT2D eigenvalue weighted by atomic mass is 10.3. The molecular weight excluding hydrogens is 228 g/mol. The van der Waals surface area contributed by atoms with Gasteiger partial charge < -0.3 is 10.1 Å². The lowest BCUT2D eigenvalue weighted by molar-refractivity contribution is -0.115. The molecule has 5 heteroatoms. The molecule has 0 saturated heterocycles. The number of nitrogens with zero attached hydrogens (tertiary/aromatic N) is 1. The highest BCUT2D eigenvalue weighted by Crippen LogP contribution is 2.17. The number of benzene rings is 1. The number of carbonyl (C=O) groups excluding carboxylic acids is 1. The predicted molar refractivity (Wildman–Crippen MR) is 61.5 cm³/mol. The summed E-state index contributed by atoms with van der Waals surface area (Å²) in [6, 6.07) is 8.72. The van der Waals surface area contributed by atoms with E-state index in [1.54, 1.807) is 24.3 Å². The number of ether oxygens (including phenoxy) is 1. The van der Waals surface area contributed by atoms with Gasteiger partial charge in [-0.05, 0) is 12.1 Å². The Labute approximate surface area is 98.8 Å². The molecule has 0 bridgehead atoms. The molecule has 0 saturated carbocycles. The molecule has 0 spiro atoms. The number of nitriles is 1. The second-order valence-corrected chi connectivity index (χ2v) is 3.34. The fourth-order valence-corrected chi connectivity index (χ4v) is 1.26. The summed E-state index contributed by atoms with van der Waals surface area (Å²) in [6.07, 6.45) is 0.269. The zero-order valence-electron chi connectivity index (χ0n) is 8.57. The Kier molecular flexibility index (Phi) is 5.17. The maximum atomic E-state index is 11.2. The monoisotopic (exact) mass is 238 g/mol. The molecule has 84 valence electrons. The summed E-state index contributed by atoms with van der Waals surface area (Å²) in [5, 5.41) is 11.0. The second kappa shape index (κ2) is 6.70. The Morgan fingerprint density at radius 1 is 1.56 bits per heavy atom. The van der Waals surface area contributed by atoms with Gasteiger partial charge in [0.05, 0.1) is 0 Å². The minimum atomic E-state index is -0.146. The summed E-state index contributed by atoms with van der Waals surface area (Å²) in [7, 11) is 0. The largest absolute Gasteiger partial charge is 0.479 e. The molecule has 0 aliphatic carbocycles. The van der Waals surface area contributed by atoms with E-state index in [4.69, 9.17) is 21.6 Å². The van der Waals surface area contributed by atoms with E-state index in [0.29, 0.717) is 11.4 Å². The average Bonchev–Trinajstić information content (AvgIpc) is 2.27. The Morgan fingerprint density at radius 3 is 3.06 bits per heavy atom. The summed E-state index contributed by atoms with van der Waals surface area (Å²) < 4.78 is 5.10. The van der Waals surface area contributed by atoms with Gasteiger partial charge in [-0.25, -0.2) is 0 Å². The van der Waals surface area contributed by atoms with Crippen LogP contribution in [0.5, 0.6) is 5.75 Å². The lowest BCUT2D eigenvalue weighted by Gasteiger charge is -2.06. The number of alkyl halides is 1. The Hall–Kier alpha value is -1.73. The Morgan fingerprint density at radius 2 is 2.38 bits per heavy atom. The van der Waals surface area contributed by atoms with E-state index in [1.165, 1.54) is 0 Å². The van der Waals surface area contributed by atoms with Crippen molar-refractivity contribution in [2.75, 3.05) is 17.8 Å². The predicted octanol–water partition coefficient (Wildman–Crippen LogP) is 2.16. The standard InChI is InChI=1S/C11H11ClN2O2/c12-5-4-11(15)14-9-2-1-3-10(8-9)16-7-6-13/h1-3,8H,4-5,7H2,(H,14,15). The molecule has 16 heavy (non-hydrogen) atoms. The van der Waals surface area contributed by atoms with Gasteiger partial charge in [0, 0.05) is 24.1 Å². The van der Waals surface area contributed by atoms with Gasteiger partial charge in [0.15, 0.2) is 6.61 Å². The van der Waals surface area contributed by atoms with Gasteiger partial charge in [-0.3, -0.25) is 4.79 Å². The minimum absolute atomic E-state index is 0.0148. The number of rotatable bonds is 5. The molecule has 0 radical (unpaired) electrons. The van der Waals surface area contributed by atoms with E-state index in [-0.39, 0.29) is 24.8 Å². The average molecular weight is 239 g/mol. The van der Waals surface area contributed by atoms with Gasteiger partial charge >= 0.3 is 0 Å². The molecular formula is C11H11ClN2O2. The summed E-state index contributed by atoms with van der Waals surface area (Å²) in [5.74, 6) is 0.689. The van der Waals surface area contributed by atoms with Gasteiger partial charge in [-0.1, -0.05) is 6.07 Å². The number of hydrogen-bond donors (Lipinski definition) is 1. The van der Waals surface area contributed by atoms with Crippen LogP contribution in [0.2, 0.25) is 0 Å². The SMILES string of the molecule is N#CCOc1cccc(NC(=O)CCCl)c1. The van der Waals surface area contributed by atoms with Crippen molar-refractivity contribution in [2.45, 2.75) is 6.42 Å². The molecule has 4 nitrogen and oxygen atoms in total. The molecule has 0 aromatic heterocycles. The lowest BCUT2D eigenvalue weighted by Crippen LogP contribution is -2.11. The van der Waals surface area contributed by atoms with E-state index in [0.717, 1.165) is 0 Å². The van der Waals surface area contributed by atoms with Crippen molar-refractivity contribution in [1.29, 1.82) is 5.26 Å². The number of anilines is 1. The van der Waals surface area contributed by atoms with Crippen molar-refractivity contribution in [1.82, 2.24) is 0 Å². The van der Waals surface area contributed by atoms with Crippen molar-refractivity contribution in [2.24, 2.45) is 0 Å². The van der Waals surface area contributed by atoms with Gasteiger partial charge in [0.25, 0.3) is 0 Å². The first kappa shape index (κ1) is 12.3. The number of carbonyl (C=O) groups is 1. The van der Waals surface area contributed by atoms with Crippen molar-refractivity contribution >= 4 is 23.2 Å². The number of nitrogens with one attached hydrogen (secondary N) is 1. The third-order valence-corrected chi connectivity index (χ3v) is 1.93. The Bertz CT molecular complexity index is 401. The van der Waals surface area contributed by atoms with E-state index in [9.17, 15) is 4.79 Å². The summed E-state index contributed by atoms with van der Waals surface area (Å²) in [6.45, 7) is -0.0148. The van der Waals surface area contributed by atoms with Crippen molar-refractivity contribution in [3.05, 3.63) is 24.3 Å². The fraction of sp³-hybridized carbons (Fsp3) is 0.273. The Balaban J connectivity index is 2.60. The molecule has 0 heterocycles. The zero-order chi connectivity index (χ0) is 11.8. The highest BCUT2D eigenvalue weighted by Gasteiger charge is 2.02. The van der Waals surface area contributed by atoms with E-state index in [1.807, 2.05) is 6.07 Å². The molecule has 0 aliphatic rings. The first-order chi connectivity index (χ1) is 7.76. The highest BCUT2D eigenvalue weighted by molar-refractivity contribution is 6.19. The maximum Gasteiger partial charge on any atom is 0.225 e. The second-order valence-electron chi connectivity index (χ2n) is 2.96. The van der Waals surface area contributed by atoms with Crippen molar-refractivity contribution < 1.29 is 9.53 Å². The van der Waals surface area contributed by atoms with Crippen LogP contribution >= 0.6 is 11.6 Å². The molecule has 1 rings (SSSR count). The number of hydrogen-bond acceptors (Lipinski definition) is 3. The molecule has 0 unspecified atom stereocenters. The highest BCUT2D eigenvalue weighted by atomic mass is 35.5. The van der Waals surface area contributed by atoms with E-state index >= 15 is 0 Å². The molecule has 0 aliphatic heterocycles. The van der Waals surface area contributed by atoms with Crippen LogP contribution < -0.4 is 10.1 Å². The van der Waals surface area contributed by atoms with Crippen LogP contribution in [-0.2, 0) is 4.79 Å². The van der Waals surface area contributed by atoms with Gasteiger partial charge in [-0.2, -0.15) is 5.26 Å². The minimum Gasteiger partial charge on any atom is -0.479 e. The molecule has 1 aromatic carbocycles.